The Balaban J connectivity index is 0.00000529. The predicted molar refractivity (Wildman–Crippen MR) is 110 cm³/mol. The van der Waals surface area contributed by atoms with Gasteiger partial charge in [-0.05, 0) is 40.5 Å². The Hall–Kier alpha value is -0.730. The predicted octanol–water partition coefficient (Wildman–Crippen LogP) is 3.49. The molecule has 3 N–H and O–H groups in total. The maximum atomic E-state index is 12.0. The van der Waals surface area contributed by atoms with Gasteiger partial charge in [-0.2, -0.15) is 0 Å². The SMILES string of the molecule is CCN(CCN=C(N)NC1CCCCCC1)C(=O)OC(C)(C)C.I. The maximum Gasteiger partial charge on any atom is 0.410 e. The molecule has 1 aliphatic carbocycles. The Bertz CT molecular complexity index is 389. The van der Waals surface area contributed by atoms with Crippen molar-refractivity contribution < 1.29 is 9.53 Å². The highest BCUT2D eigenvalue weighted by Crippen LogP contribution is 2.16. The zero-order valence-electron chi connectivity index (χ0n) is 15.6. The molecule has 1 amide bonds. The molecule has 6 nitrogen and oxygen atoms in total. The van der Waals surface area contributed by atoms with E-state index < -0.39 is 5.60 Å². The minimum Gasteiger partial charge on any atom is -0.444 e. The van der Waals surface area contributed by atoms with Crippen LogP contribution in [0.2, 0.25) is 0 Å². The highest BCUT2D eigenvalue weighted by molar-refractivity contribution is 14.0. The summed E-state index contributed by atoms with van der Waals surface area (Å²) in [5, 5.41) is 3.31. The number of likely N-dealkylation sites (N-methyl/N-ethyl adjacent to an activating group) is 1. The molecule has 0 unspecified atom stereocenters. The van der Waals surface area contributed by atoms with E-state index in [0.29, 0.717) is 31.6 Å². The van der Waals surface area contributed by atoms with Crippen LogP contribution in [0.15, 0.2) is 4.99 Å². The summed E-state index contributed by atoms with van der Waals surface area (Å²) in [7, 11) is 0. The Morgan fingerprint density at radius 1 is 1.25 bits per heavy atom. The van der Waals surface area contributed by atoms with Crippen molar-refractivity contribution in [1.29, 1.82) is 0 Å². The molecular weight excluding hydrogens is 419 g/mol. The van der Waals surface area contributed by atoms with Crippen LogP contribution in [-0.2, 0) is 4.74 Å². The number of rotatable bonds is 5. The molecule has 0 aromatic carbocycles. The first kappa shape index (κ1) is 23.3. The summed E-state index contributed by atoms with van der Waals surface area (Å²) >= 11 is 0. The molecule has 0 aromatic rings. The van der Waals surface area contributed by atoms with E-state index in [1.165, 1.54) is 25.7 Å². The van der Waals surface area contributed by atoms with Crippen molar-refractivity contribution in [2.75, 3.05) is 19.6 Å². The van der Waals surface area contributed by atoms with Gasteiger partial charge in [-0.1, -0.05) is 25.7 Å². The monoisotopic (exact) mass is 454 g/mol. The molecular formula is C17H35IN4O2. The maximum absolute atomic E-state index is 12.0. The number of aliphatic imine (C=N–C) groups is 1. The lowest BCUT2D eigenvalue weighted by atomic mass is 10.1. The lowest BCUT2D eigenvalue weighted by Gasteiger charge is -2.26. The lowest BCUT2D eigenvalue weighted by molar-refractivity contribution is 0.0266. The van der Waals surface area contributed by atoms with Gasteiger partial charge in [0.15, 0.2) is 5.96 Å². The smallest absolute Gasteiger partial charge is 0.410 e. The molecule has 0 spiro atoms. The molecule has 0 radical (unpaired) electrons. The number of hydrogen-bond donors (Lipinski definition) is 2. The van der Waals surface area contributed by atoms with E-state index >= 15 is 0 Å². The minimum absolute atomic E-state index is 0. The van der Waals surface area contributed by atoms with Crippen LogP contribution in [0.25, 0.3) is 0 Å². The first-order valence-corrected chi connectivity index (χ1v) is 8.86. The number of ether oxygens (including phenoxy) is 1. The van der Waals surface area contributed by atoms with Crippen molar-refractivity contribution in [2.24, 2.45) is 10.7 Å². The molecule has 24 heavy (non-hydrogen) atoms. The van der Waals surface area contributed by atoms with Gasteiger partial charge in [-0.3, -0.25) is 4.99 Å². The Morgan fingerprint density at radius 3 is 2.33 bits per heavy atom. The number of nitrogens with two attached hydrogens (primary N) is 1. The zero-order valence-corrected chi connectivity index (χ0v) is 18.0. The van der Waals surface area contributed by atoms with Crippen molar-refractivity contribution >= 4 is 36.0 Å². The fourth-order valence-corrected chi connectivity index (χ4v) is 2.67. The van der Waals surface area contributed by atoms with E-state index in [1.54, 1.807) is 4.90 Å². The number of amides is 1. The summed E-state index contributed by atoms with van der Waals surface area (Å²) in [6.07, 6.45) is 7.17. The molecule has 0 aliphatic heterocycles. The standard InChI is InChI=1S/C17H34N4O2.HI/c1-5-21(16(22)23-17(2,3)4)13-12-19-15(18)20-14-10-8-6-7-9-11-14;/h14H,5-13H2,1-4H3,(H3,18,19,20);1H. The molecule has 0 bridgehead atoms. The summed E-state index contributed by atoms with van der Waals surface area (Å²) in [6, 6.07) is 0.439. The van der Waals surface area contributed by atoms with Crippen molar-refractivity contribution in [2.45, 2.75) is 77.9 Å². The Morgan fingerprint density at radius 2 is 1.83 bits per heavy atom. The third-order valence-corrected chi connectivity index (χ3v) is 3.89. The minimum atomic E-state index is -0.478. The molecule has 0 heterocycles. The van der Waals surface area contributed by atoms with Gasteiger partial charge in [-0.25, -0.2) is 4.79 Å². The highest BCUT2D eigenvalue weighted by atomic mass is 127. The number of nitrogens with one attached hydrogen (secondary N) is 1. The first-order chi connectivity index (χ1) is 10.8. The zero-order chi connectivity index (χ0) is 17.3. The summed E-state index contributed by atoms with van der Waals surface area (Å²) in [5.41, 5.74) is 5.49. The molecule has 1 rings (SSSR count). The highest BCUT2D eigenvalue weighted by Gasteiger charge is 2.20. The van der Waals surface area contributed by atoms with Gasteiger partial charge in [0.25, 0.3) is 0 Å². The second-order valence-electron chi connectivity index (χ2n) is 7.16. The van der Waals surface area contributed by atoms with Gasteiger partial charge in [0.05, 0.1) is 6.54 Å². The first-order valence-electron chi connectivity index (χ1n) is 8.86. The molecule has 0 aromatic heterocycles. The van der Waals surface area contributed by atoms with E-state index in [0.717, 1.165) is 12.8 Å². The number of nitrogens with zero attached hydrogens (tertiary/aromatic N) is 2. The van der Waals surface area contributed by atoms with E-state index in [9.17, 15) is 4.79 Å². The molecule has 0 atom stereocenters. The van der Waals surface area contributed by atoms with Gasteiger partial charge in [0.1, 0.15) is 5.60 Å². The van der Waals surface area contributed by atoms with Crippen LogP contribution in [-0.4, -0.2) is 48.2 Å². The van der Waals surface area contributed by atoms with E-state index in [2.05, 4.69) is 10.3 Å². The Kier molecular flexibility index (Phi) is 11.4. The van der Waals surface area contributed by atoms with Crippen LogP contribution in [0.3, 0.4) is 0 Å². The summed E-state index contributed by atoms with van der Waals surface area (Å²) in [5.74, 6) is 0.483. The molecule has 142 valence electrons. The van der Waals surface area contributed by atoms with Gasteiger partial charge in [0, 0.05) is 19.1 Å². The molecule has 7 heteroatoms. The average molecular weight is 454 g/mol. The molecule has 1 aliphatic rings. The van der Waals surface area contributed by atoms with Crippen LogP contribution in [0.4, 0.5) is 4.79 Å². The second kappa shape index (κ2) is 11.8. The number of hydrogen-bond acceptors (Lipinski definition) is 3. The van der Waals surface area contributed by atoms with Crippen molar-refractivity contribution in [3.8, 4) is 0 Å². The molecule has 1 fully saturated rings. The molecule has 1 saturated carbocycles. The fourth-order valence-electron chi connectivity index (χ4n) is 2.67. The van der Waals surface area contributed by atoms with E-state index in [4.69, 9.17) is 10.5 Å². The summed E-state index contributed by atoms with van der Waals surface area (Å²) < 4.78 is 5.38. The third kappa shape index (κ3) is 10.2. The largest absolute Gasteiger partial charge is 0.444 e. The van der Waals surface area contributed by atoms with Crippen LogP contribution in [0, 0.1) is 0 Å². The van der Waals surface area contributed by atoms with Crippen molar-refractivity contribution in [1.82, 2.24) is 10.2 Å². The van der Waals surface area contributed by atoms with Crippen LogP contribution in [0.1, 0.15) is 66.2 Å². The van der Waals surface area contributed by atoms with Crippen molar-refractivity contribution in [3.63, 3.8) is 0 Å². The third-order valence-electron chi connectivity index (χ3n) is 3.89. The summed E-state index contributed by atoms with van der Waals surface area (Å²) in [4.78, 5) is 18.0. The van der Waals surface area contributed by atoms with Crippen molar-refractivity contribution in [3.05, 3.63) is 0 Å². The van der Waals surface area contributed by atoms with Gasteiger partial charge in [0.2, 0.25) is 0 Å². The van der Waals surface area contributed by atoms with Crippen LogP contribution in [0.5, 0.6) is 0 Å². The number of halogens is 1. The van der Waals surface area contributed by atoms with Crippen LogP contribution < -0.4 is 11.1 Å². The second-order valence-corrected chi connectivity index (χ2v) is 7.16. The summed E-state index contributed by atoms with van der Waals surface area (Å²) in [6.45, 7) is 9.13. The van der Waals surface area contributed by atoms with Gasteiger partial charge >= 0.3 is 6.09 Å². The van der Waals surface area contributed by atoms with E-state index in [-0.39, 0.29) is 30.1 Å². The quantitative estimate of drug-likeness (QED) is 0.289. The van der Waals surface area contributed by atoms with Gasteiger partial charge < -0.3 is 20.7 Å². The number of guanidine groups is 1. The van der Waals surface area contributed by atoms with E-state index in [1.807, 2.05) is 27.7 Å². The van der Waals surface area contributed by atoms with Crippen LogP contribution >= 0.6 is 24.0 Å². The van der Waals surface area contributed by atoms with Gasteiger partial charge in [-0.15, -0.1) is 24.0 Å². The fraction of sp³-hybridized carbons (Fsp3) is 0.882. The normalized spacial score (nSPS) is 16.8. The number of carbonyl (C=O) groups is 1. The molecule has 0 saturated heterocycles. The lowest BCUT2D eigenvalue weighted by Crippen LogP contribution is -2.41. The topological polar surface area (TPSA) is 80.0 Å². The average Bonchev–Trinajstić information content (AvgIpc) is 2.70. The number of carbonyl (C=O) groups excluding carboxylic acids is 1. The Labute approximate surface area is 164 Å².